The molecule has 4 nitrogen and oxygen atoms in total. The SMILES string of the molecule is CN(C)c1ccc(/C=C2/N=C(c3sc4cc(Br)ccc4c3Cl)OC2=O)cc1. The van der Waals surface area contributed by atoms with Crippen LogP contribution in [0.3, 0.4) is 0 Å². The molecular weight excluding hydrogens is 448 g/mol. The van der Waals surface area contributed by atoms with Crippen molar-refractivity contribution in [2.75, 3.05) is 19.0 Å². The smallest absolute Gasteiger partial charge is 0.363 e. The summed E-state index contributed by atoms with van der Waals surface area (Å²) < 4.78 is 7.35. The van der Waals surface area contributed by atoms with Crippen LogP contribution in [0.2, 0.25) is 5.02 Å². The molecule has 3 aromatic rings. The Morgan fingerprint density at radius 2 is 1.93 bits per heavy atom. The molecule has 4 rings (SSSR count). The number of thiophene rings is 1. The highest BCUT2D eigenvalue weighted by molar-refractivity contribution is 9.10. The summed E-state index contributed by atoms with van der Waals surface area (Å²) in [6, 6.07) is 13.7. The van der Waals surface area contributed by atoms with Gasteiger partial charge in [-0.15, -0.1) is 11.3 Å². The van der Waals surface area contributed by atoms with Crippen molar-refractivity contribution < 1.29 is 9.53 Å². The van der Waals surface area contributed by atoms with Crippen LogP contribution in [0, 0.1) is 0 Å². The maximum atomic E-state index is 12.3. The van der Waals surface area contributed by atoms with Gasteiger partial charge in [-0.1, -0.05) is 45.7 Å². The zero-order valence-electron chi connectivity index (χ0n) is 14.5. The first-order valence-electron chi connectivity index (χ1n) is 8.10. The fourth-order valence-corrected chi connectivity index (χ4v) is 4.70. The third kappa shape index (κ3) is 3.52. The second-order valence-electron chi connectivity index (χ2n) is 6.21. The Balaban J connectivity index is 1.70. The molecule has 0 spiro atoms. The lowest BCUT2D eigenvalue weighted by atomic mass is 10.1. The summed E-state index contributed by atoms with van der Waals surface area (Å²) in [5.74, 6) is -0.227. The minimum absolute atomic E-state index is 0.249. The van der Waals surface area contributed by atoms with Gasteiger partial charge < -0.3 is 9.64 Å². The summed E-state index contributed by atoms with van der Waals surface area (Å²) in [7, 11) is 3.96. The van der Waals surface area contributed by atoms with E-state index in [-0.39, 0.29) is 11.6 Å². The van der Waals surface area contributed by atoms with Crippen LogP contribution in [-0.4, -0.2) is 26.0 Å². The van der Waals surface area contributed by atoms with Crippen molar-refractivity contribution in [3.8, 4) is 0 Å². The van der Waals surface area contributed by atoms with Crippen LogP contribution in [0.25, 0.3) is 16.2 Å². The molecule has 27 heavy (non-hydrogen) atoms. The minimum atomic E-state index is -0.476. The van der Waals surface area contributed by atoms with E-state index in [1.54, 1.807) is 6.08 Å². The van der Waals surface area contributed by atoms with Crippen molar-refractivity contribution in [1.29, 1.82) is 0 Å². The summed E-state index contributed by atoms with van der Waals surface area (Å²) in [5, 5.41) is 1.46. The molecule has 1 aromatic heterocycles. The second kappa shape index (κ2) is 7.11. The zero-order chi connectivity index (χ0) is 19.1. The molecule has 0 amide bonds. The van der Waals surface area contributed by atoms with E-state index in [2.05, 4.69) is 20.9 Å². The van der Waals surface area contributed by atoms with Crippen LogP contribution in [0.4, 0.5) is 5.69 Å². The predicted molar refractivity (Wildman–Crippen MR) is 116 cm³/mol. The number of esters is 1. The first kappa shape index (κ1) is 18.2. The molecule has 2 aromatic carbocycles. The molecule has 7 heteroatoms. The van der Waals surface area contributed by atoms with Crippen LogP contribution in [0.15, 0.2) is 57.6 Å². The van der Waals surface area contributed by atoms with Crippen LogP contribution in [0.1, 0.15) is 10.4 Å². The third-order valence-corrected chi connectivity index (χ3v) is 6.26. The Morgan fingerprint density at radius 1 is 1.19 bits per heavy atom. The van der Waals surface area contributed by atoms with E-state index >= 15 is 0 Å². The number of rotatable bonds is 3. The van der Waals surface area contributed by atoms with E-state index in [1.807, 2.05) is 61.5 Å². The summed E-state index contributed by atoms with van der Waals surface area (Å²) in [6.45, 7) is 0. The number of hydrogen-bond acceptors (Lipinski definition) is 5. The molecule has 0 radical (unpaired) electrons. The number of cyclic esters (lactones) is 1. The summed E-state index contributed by atoms with van der Waals surface area (Å²) in [4.78, 5) is 19.3. The van der Waals surface area contributed by atoms with E-state index in [1.165, 1.54) is 11.3 Å². The number of anilines is 1. The van der Waals surface area contributed by atoms with Gasteiger partial charge in [-0.25, -0.2) is 9.79 Å². The zero-order valence-corrected chi connectivity index (χ0v) is 17.7. The minimum Gasteiger partial charge on any atom is -0.401 e. The van der Waals surface area contributed by atoms with Gasteiger partial charge in [-0.05, 0) is 35.9 Å². The monoisotopic (exact) mass is 460 g/mol. The highest BCUT2D eigenvalue weighted by atomic mass is 79.9. The molecule has 0 bridgehead atoms. The molecule has 0 N–H and O–H groups in total. The molecule has 0 fully saturated rings. The van der Waals surface area contributed by atoms with Crippen molar-refractivity contribution in [3.63, 3.8) is 0 Å². The van der Waals surface area contributed by atoms with Gasteiger partial charge in [0.15, 0.2) is 5.70 Å². The van der Waals surface area contributed by atoms with Gasteiger partial charge in [-0.2, -0.15) is 0 Å². The number of aliphatic imine (C=N–C) groups is 1. The van der Waals surface area contributed by atoms with E-state index in [9.17, 15) is 4.79 Å². The lowest BCUT2D eigenvalue weighted by Gasteiger charge is -2.11. The molecule has 0 unspecified atom stereocenters. The van der Waals surface area contributed by atoms with Crippen molar-refractivity contribution in [2.24, 2.45) is 4.99 Å². The molecule has 0 atom stereocenters. The average molecular weight is 462 g/mol. The van der Waals surface area contributed by atoms with Crippen LogP contribution in [0.5, 0.6) is 0 Å². The van der Waals surface area contributed by atoms with Gasteiger partial charge in [0.05, 0.1) is 5.02 Å². The number of fused-ring (bicyclic) bond motifs is 1. The number of carbonyl (C=O) groups excluding carboxylic acids is 1. The highest BCUT2D eigenvalue weighted by Crippen LogP contribution is 2.38. The number of carbonyl (C=O) groups is 1. The van der Waals surface area contributed by atoms with Crippen molar-refractivity contribution in [1.82, 2.24) is 0 Å². The molecule has 136 valence electrons. The molecule has 1 aliphatic heterocycles. The van der Waals surface area contributed by atoms with Gasteiger partial charge in [0.2, 0.25) is 5.90 Å². The van der Waals surface area contributed by atoms with Crippen LogP contribution in [-0.2, 0) is 9.53 Å². The topological polar surface area (TPSA) is 41.9 Å². The van der Waals surface area contributed by atoms with Crippen molar-refractivity contribution in [2.45, 2.75) is 0 Å². The molecule has 0 saturated carbocycles. The fraction of sp³-hybridized carbons (Fsp3) is 0.100. The number of ether oxygens (including phenoxy) is 1. The number of nitrogens with zero attached hydrogens (tertiary/aromatic N) is 2. The van der Waals surface area contributed by atoms with E-state index in [0.717, 1.165) is 25.8 Å². The summed E-state index contributed by atoms with van der Waals surface area (Å²) >= 11 is 11.4. The Bertz CT molecular complexity index is 1120. The molecule has 1 aliphatic rings. The van der Waals surface area contributed by atoms with Crippen molar-refractivity contribution in [3.05, 3.63) is 68.1 Å². The quantitative estimate of drug-likeness (QED) is 0.369. The maximum absolute atomic E-state index is 12.3. The Labute approximate surface area is 173 Å². The summed E-state index contributed by atoms with van der Waals surface area (Å²) in [6.07, 6.45) is 1.71. The molecular formula is C20H14BrClN2O2S. The number of hydrogen-bond donors (Lipinski definition) is 0. The van der Waals surface area contributed by atoms with Gasteiger partial charge in [0.25, 0.3) is 0 Å². The highest BCUT2D eigenvalue weighted by Gasteiger charge is 2.28. The predicted octanol–water partition coefficient (Wildman–Crippen LogP) is 5.73. The molecule has 0 aliphatic carbocycles. The molecule has 2 heterocycles. The van der Waals surface area contributed by atoms with E-state index in [4.69, 9.17) is 16.3 Å². The van der Waals surface area contributed by atoms with Gasteiger partial charge in [-0.3, -0.25) is 0 Å². The van der Waals surface area contributed by atoms with Crippen LogP contribution < -0.4 is 4.90 Å². The Hall–Kier alpha value is -2.15. The van der Waals surface area contributed by atoms with Gasteiger partial charge >= 0.3 is 5.97 Å². The number of halogens is 2. The Morgan fingerprint density at radius 3 is 2.63 bits per heavy atom. The van der Waals surface area contributed by atoms with Crippen molar-refractivity contribution >= 4 is 72.6 Å². The van der Waals surface area contributed by atoms with Crippen LogP contribution >= 0.6 is 38.9 Å². The normalized spacial score (nSPS) is 15.3. The lowest BCUT2D eigenvalue weighted by molar-refractivity contribution is -0.129. The van der Waals surface area contributed by atoms with E-state index < -0.39 is 5.97 Å². The largest absolute Gasteiger partial charge is 0.401 e. The standard InChI is InChI=1S/C20H14BrClN2O2S/c1-24(2)13-6-3-11(4-7-13)9-15-20(25)26-19(23-15)18-17(22)14-8-5-12(21)10-16(14)27-18/h3-10H,1-2H3/b15-9+. The van der Waals surface area contributed by atoms with E-state index in [0.29, 0.717) is 9.90 Å². The maximum Gasteiger partial charge on any atom is 0.363 e. The average Bonchev–Trinajstić information content (AvgIpc) is 3.15. The third-order valence-electron chi connectivity index (χ3n) is 4.12. The fourth-order valence-electron chi connectivity index (χ4n) is 2.71. The first-order valence-corrected chi connectivity index (χ1v) is 10.1. The first-order chi connectivity index (χ1) is 12.9. The Kier molecular flexibility index (Phi) is 4.80. The van der Waals surface area contributed by atoms with Gasteiger partial charge in [0, 0.05) is 34.3 Å². The lowest BCUT2D eigenvalue weighted by Crippen LogP contribution is -2.08. The summed E-state index contributed by atoms with van der Waals surface area (Å²) in [5.41, 5.74) is 2.22. The van der Waals surface area contributed by atoms with Gasteiger partial charge in [0.1, 0.15) is 4.88 Å². The second-order valence-corrected chi connectivity index (χ2v) is 8.55. The molecule has 0 saturated heterocycles. The number of benzene rings is 2.